The molecule has 0 spiro atoms. The van der Waals surface area contributed by atoms with Gasteiger partial charge in [0.25, 0.3) is 0 Å². The van der Waals surface area contributed by atoms with Crippen molar-refractivity contribution in [1.82, 2.24) is 10.6 Å². The third kappa shape index (κ3) is 8.19. The van der Waals surface area contributed by atoms with Crippen LogP contribution in [0.15, 0.2) is 0 Å². The first-order valence-corrected chi connectivity index (χ1v) is 8.27. The number of rotatable bonds is 11. The van der Waals surface area contributed by atoms with Crippen molar-refractivity contribution in [2.24, 2.45) is 17.4 Å². The Morgan fingerprint density at radius 1 is 1.13 bits per heavy atom. The van der Waals surface area contributed by atoms with Crippen molar-refractivity contribution in [3.8, 4) is 0 Å². The molecule has 0 radical (unpaired) electrons. The molecule has 0 saturated carbocycles. The lowest BCUT2D eigenvalue weighted by atomic mass is 10.0. The van der Waals surface area contributed by atoms with E-state index >= 15 is 0 Å². The summed E-state index contributed by atoms with van der Waals surface area (Å²) in [5, 5.41) is 14.2. The van der Waals surface area contributed by atoms with Crippen molar-refractivity contribution in [2.45, 2.75) is 51.2 Å². The maximum Gasteiger partial charge on any atom is 0.326 e. The molecule has 3 unspecified atom stereocenters. The van der Waals surface area contributed by atoms with Crippen LogP contribution < -0.4 is 22.1 Å². The Labute approximate surface area is 142 Å². The van der Waals surface area contributed by atoms with Gasteiger partial charge in [-0.3, -0.25) is 9.59 Å². The van der Waals surface area contributed by atoms with Crippen molar-refractivity contribution in [3.63, 3.8) is 0 Å². The molecule has 9 heteroatoms. The Morgan fingerprint density at radius 3 is 2.17 bits per heavy atom. The molecule has 0 aliphatic heterocycles. The Hall–Kier alpha value is -1.32. The van der Waals surface area contributed by atoms with Gasteiger partial charge in [-0.1, -0.05) is 13.8 Å². The quantitative estimate of drug-likeness (QED) is 0.210. The van der Waals surface area contributed by atoms with Crippen LogP contribution in [0, 0.1) is 5.92 Å². The van der Waals surface area contributed by atoms with Gasteiger partial charge in [0.15, 0.2) is 0 Å². The first-order chi connectivity index (χ1) is 10.7. The lowest BCUT2D eigenvalue weighted by Crippen LogP contribution is -2.56. The van der Waals surface area contributed by atoms with Crippen LogP contribution in [0.4, 0.5) is 0 Å². The third-order valence-electron chi connectivity index (χ3n) is 3.34. The molecule has 134 valence electrons. The SMILES string of the molecule is CC(C)C(NC(=O)C(N)CS)C(=O)NC(CCCCN)C(=O)O. The zero-order chi connectivity index (χ0) is 18.0. The molecule has 0 saturated heterocycles. The standard InChI is InChI=1S/C14H28N4O4S/c1-8(2)11(18-12(19)9(16)7-23)13(20)17-10(14(21)22)5-3-4-6-15/h8-11,23H,3-7,15-16H2,1-2H3,(H,17,20)(H,18,19)(H,21,22). The number of carbonyl (C=O) groups is 3. The van der Waals surface area contributed by atoms with Gasteiger partial charge in [0.1, 0.15) is 12.1 Å². The van der Waals surface area contributed by atoms with Gasteiger partial charge in [-0.05, 0) is 31.7 Å². The highest BCUT2D eigenvalue weighted by molar-refractivity contribution is 7.80. The first-order valence-electron chi connectivity index (χ1n) is 7.64. The van der Waals surface area contributed by atoms with Gasteiger partial charge in [0.05, 0.1) is 6.04 Å². The van der Waals surface area contributed by atoms with E-state index in [4.69, 9.17) is 11.5 Å². The second-order valence-electron chi connectivity index (χ2n) is 5.70. The van der Waals surface area contributed by atoms with E-state index in [1.807, 2.05) is 0 Å². The summed E-state index contributed by atoms with van der Waals surface area (Å²) in [7, 11) is 0. The highest BCUT2D eigenvalue weighted by Crippen LogP contribution is 2.06. The molecule has 0 aromatic rings. The summed E-state index contributed by atoms with van der Waals surface area (Å²) in [6.07, 6.45) is 1.56. The molecule has 0 rings (SSSR count). The summed E-state index contributed by atoms with van der Waals surface area (Å²) in [6, 6.07) is -2.69. The summed E-state index contributed by atoms with van der Waals surface area (Å²) >= 11 is 3.94. The minimum absolute atomic E-state index is 0.148. The van der Waals surface area contributed by atoms with Crippen LogP contribution >= 0.6 is 12.6 Å². The molecule has 0 aromatic carbocycles. The monoisotopic (exact) mass is 348 g/mol. The normalized spacial score (nSPS) is 14.9. The number of hydrogen-bond acceptors (Lipinski definition) is 6. The molecule has 0 heterocycles. The maximum atomic E-state index is 12.3. The average molecular weight is 348 g/mol. The number of unbranched alkanes of at least 4 members (excludes halogenated alkanes) is 1. The number of aliphatic carboxylic acids is 1. The van der Waals surface area contributed by atoms with E-state index in [1.54, 1.807) is 13.8 Å². The van der Waals surface area contributed by atoms with E-state index in [9.17, 15) is 19.5 Å². The van der Waals surface area contributed by atoms with Crippen molar-refractivity contribution in [3.05, 3.63) is 0 Å². The van der Waals surface area contributed by atoms with E-state index in [1.165, 1.54) is 0 Å². The second-order valence-corrected chi connectivity index (χ2v) is 6.07. The highest BCUT2D eigenvalue weighted by Gasteiger charge is 2.29. The fourth-order valence-corrected chi connectivity index (χ4v) is 2.06. The fourth-order valence-electron chi connectivity index (χ4n) is 1.89. The molecule has 7 N–H and O–H groups in total. The minimum atomic E-state index is -1.11. The van der Waals surface area contributed by atoms with Crippen LogP contribution in [0.25, 0.3) is 0 Å². The van der Waals surface area contributed by atoms with Crippen LogP contribution in [0.1, 0.15) is 33.1 Å². The van der Waals surface area contributed by atoms with Crippen molar-refractivity contribution in [1.29, 1.82) is 0 Å². The third-order valence-corrected chi connectivity index (χ3v) is 3.74. The minimum Gasteiger partial charge on any atom is -0.480 e. The van der Waals surface area contributed by atoms with Gasteiger partial charge in [-0.15, -0.1) is 0 Å². The summed E-state index contributed by atoms with van der Waals surface area (Å²) in [5.41, 5.74) is 10.9. The molecular formula is C14H28N4O4S. The van der Waals surface area contributed by atoms with E-state index in [2.05, 4.69) is 23.3 Å². The maximum absolute atomic E-state index is 12.3. The second kappa shape index (κ2) is 11.3. The van der Waals surface area contributed by atoms with Crippen molar-refractivity contribution >= 4 is 30.4 Å². The molecule has 2 amide bonds. The predicted octanol–water partition coefficient (Wildman–Crippen LogP) is -0.917. The van der Waals surface area contributed by atoms with Gasteiger partial charge in [-0.25, -0.2) is 4.79 Å². The molecule has 8 nitrogen and oxygen atoms in total. The number of amides is 2. The Bertz CT molecular complexity index is 406. The van der Waals surface area contributed by atoms with Crippen LogP contribution in [0.5, 0.6) is 0 Å². The number of thiol groups is 1. The fraction of sp³-hybridized carbons (Fsp3) is 0.786. The molecule has 0 fully saturated rings. The van der Waals surface area contributed by atoms with Crippen molar-refractivity contribution in [2.75, 3.05) is 12.3 Å². The van der Waals surface area contributed by atoms with Gasteiger partial charge in [0, 0.05) is 5.75 Å². The Balaban J connectivity index is 4.81. The van der Waals surface area contributed by atoms with E-state index < -0.39 is 35.9 Å². The number of nitrogens with two attached hydrogens (primary N) is 2. The summed E-state index contributed by atoms with van der Waals surface area (Å²) in [6.45, 7) is 3.97. The van der Waals surface area contributed by atoms with Gasteiger partial charge in [-0.2, -0.15) is 12.6 Å². The molecule has 3 atom stereocenters. The van der Waals surface area contributed by atoms with Gasteiger partial charge in [0.2, 0.25) is 11.8 Å². The zero-order valence-electron chi connectivity index (χ0n) is 13.6. The predicted molar refractivity (Wildman–Crippen MR) is 91.1 cm³/mol. The molecule has 0 aliphatic rings. The van der Waals surface area contributed by atoms with E-state index in [-0.39, 0.29) is 18.1 Å². The van der Waals surface area contributed by atoms with Crippen molar-refractivity contribution < 1.29 is 19.5 Å². The summed E-state index contributed by atoms with van der Waals surface area (Å²) in [5.74, 6) is -2.22. The van der Waals surface area contributed by atoms with Gasteiger partial charge < -0.3 is 27.2 Å². The molecular weight excluding hydrogens is 320 g/mol. The largest absolute Gasteiger partial charge is 0.480 e. The highest BCUT2D eigenvalue weighted by atomic mass is 32.1. The lowest BCUT2D eigenvalue weighted by molar-refractivity contribution is -0.142. The number of hydrogen-bond donors (Lipinski definition) is 6. The first kappa shape index (κ1) is 21.7. The Morgan fingerprint density at radius 2 is 1.74 bits per heavy atom. The van der Waals surface area contributed by atoms with Crippen LogP contribution in [-0.4, -0.2) is 53.3 Å². The molecule has 0 aliphatic carbocycles. The smallest absolute Gasteiger partial charge is 0.326 e. The summed E-state index contributed by atoms with van der Waals surface area (Å²) in [4.78, 5) is 35.4. The van der Waals surface area contributed by atoms with Crippen LogP contribution in [0.2, 0.25) is 0 Å². The van der Waals surface area contributed by atoms with Crippen LogP contribution in [0.3, 0.4) is 0 Å². The van der Waals surface area contributed by atoms with Crippen LogP contribution in [-0.2, 0) is 14.4 Å². The van der Waals surface area contributed by atoms with Gasteiger partial charge >= 0.3 is 5.97 Å². The topological polar surface area (TPSA) is 148 Å². The molecule has 0 bridgehead atoms. The summed E-state index contributed by atoms with van der Waals surface area (Å²) < 4.78 is 0. The molecule has 0 aromatic heterocycles. The van der Waals surface area contributed by atoms with E-state index in [0.29, 0.717) is 19.4 Å². The number of carbonyl (C=O) groups excluding carboxylic acids is 2. The lowest BCUT2D eigenvalue weighted by Gasteiger charge is -2.25. The Kier molecular flexibility index (Phi) is 10.6. The zero-order valence-corrected chi connectivity index (χ0v) is 14.5. The number of carboxylic acid groups (broad SMARTS) is 1. The molecule has 23 heavy (non-hydrogen) atoms. The van der Waals surface area contributed by atoms with E-state index in [0.717, 1.165) is 0 Å². The number of nitrogens with one attached hydrogen (secondary N) is 2. The number of carboxylic acids is 1. The average Bonchev–Trinajstić information content (AvgIpc) is 2.49.